The number of fused-ring (bicyclic) bond motifs is 4. The Morgan fingerprint density at radius 1 is 0.467 bits per heavy atom. The second-order valence-corrected chi connectivity index (χ2v) is 19.0. The molecule has 7 heterocycles. The van der Waals surface area contributed by atoms with Crippen LogP contribution in [-0.2, 0) is 16.6 Å². The highest BCUT2D eigenvalue weighted by molar-refractivity contribution is 6.21. The molecule has 15 nitrogen and oxygen atoms in total. The van der Waals surface area contributed by atoms with Crippen LogP contribution >= 0.6 is 0 Å². The number of imide groups is 1. The fraction of sp³-hybridized carbons (Fsp3) is 0.422. The second kappa shape index (κ2) is 16.0. The van der Waals surface area contributed by atoms with Crippen LogP contribution in [0, 0.1) is 20.8 Å². The quantitative estimate of drug-likeness (QED) is 0.132. The van der Waals surface area contributed by atoms with E-state index in [1.165, 1.54) is 4.90 Å². The standard InChI is InChI=1S/C12H13NO2.3C11H15N3O/c1-12(2,3)13-10(14)8-6-4-5-7-9(8)11(13)15;2*1-7-12-9-6-14(11(2,3)4)5-8(9)10(15)13-7;1-7-12-8-5-6-14(11(2,3)4)9(8)10(15)13-7/h4-7H,1-3H3;3*5-6H,1-4H3,(H,12,13,15). The SMILES string of the molecule is CC(C)(C)N1C(=O)c2ccccc2C1=O.Cc1nc2ccn(C(C)(C)C)c2c(=O)[nH]1.Cc1nc2cn(C(C)(C)C)cc2c(=O)[nH]1.Cc1nc2cn(C(C)(C)C)cc2c(=O)[nH]1. The molecule has 60 heavy (non-hydrogen) atoms. The summed E-state index contributed by atoms with van der Waals surface area (Å²) in [6.45, 7) is 29.7. The third-order valence-corrected chi connectivity index (χ3v) is 9.66. The van der Waals surface area contributed by atoms with Crippen LogP contribution in [0.3, 0.4) is 0 Å². The van der Waals surface area contributed by atoms with Gasteiger partial charge in [-0.05, 0) is 122 Å². The summed E-state index contributed by atoms with van der Waals surface area (Å²) in [7, 11) is 0. The van der Waals surface area contributed by atoms with E-state index in [0.29, 0.717) is 44.9 Å². The van der Waals surface area contributed by atoms with Gasteiger partial charge in [0.15, 0.2) is 0 Å². The summed E-state index contributed by atoms with van der Waals surface area (Å²) in [4.78, 5) is 81.3. The number of nitrogens with zero attached hydrogens (tertiary/aromatic N) is 7. The van der Waals surface area contributed by atoms with E-state index in [1.807, 2.05) is 71.5 Å². The Kier molecular flexibility index (Phi) is 11.9. The van der Waals surface area contributed by atoms with Gasteiger partial charge in [-0.1, -0.05) is 12.1 Å². The molecule has 318 valence electrons. The third kappa shape index (κ3) is 9.56. The van der Waals surface area contributed by atoms with E-state index in [0.717, 1.165) is 16.6 Å². The van der Waals surface area contributed by atoms with Crippen LogP contribution in [0.1, 0.15) is 121 Å². The monoisotopic (exact) mass is 818 g/mol. The molecular weight excluding hydrogens is 761 g/mol. The molecule has 0 spiro atoms. The van der Waals surface area contributed by atoms with Crippen molar-refractivity contribution in [3.05, 3.63) is 121 Å². The number of aromatic nitrogens is 9. The molecule has 0 radical (unpaired) electrons. The van der Waals surface area contributed by atoms with E-state index in [-0.39, 0.29) is 45.1 Å². The van der Waals surface area contributed by atoms with E-state index < -0.39 is 5.54 Å². The van der Waals surface area contributed by atoms with Crippen molar-refractivity contribution < 1.29 is 9.59 Å². The normalized spacial score (nSPS) is 13.2. The first kappa shape index (κ1) is 44.7. The molecule has 2 amide bonds. The number of aromatic amines is 3. The van der Waals surface area contributed by atoms with Crippen LogP contribution in [0.4, 0.5) is 0 Å². The Hall–Kier alpha value is -6.38. The predicted octanol–water partition coefficient (Wildman–Crippen LogP) is 7.45. The van der Waals surface area contributed by atoms with Crippen LogP contribution in [0.15, 0.2) is 75.7 Å². The van der Waals surface area contributed by atoms with E-state index in [9.17, 15) is 24.0 Å². The van der Waals surface area contributed by atoms with Gasteiger partial charge in [-0.2, -0.15) is 0 Å². The Balaban J connectivity index is 0.000000152. The van der Waals surface area contributed by atoms with E-state index in [4.69, 9.17) is 0 Å². The Bertz CT molecular complexity index is 2760. The molecule has 0 fully saturated rings. The molecule has 15 heteroatoms. The highest BCUT2D eigenvalue weighted by Gasteiger charge is 2.41. The highest BCUT2D eigenvalue weighted by atomic mass is 16.2. The molecule has 0 aliphatic carbocycles. The summed E-state index contributed by atoms with van der Waals surface area (Å²) >= 11 is 0. The van der Waals surface area contributed by atoms with Crippen molar-refractivity contribution in [3.8, 4) is 0 Å². The lowest BCUT2D eigenvalue weighted by Crippen LogP contribution is -2.45. The van der Waals surface area contributed by atoms with Gasteiger partial charge < -0.3 is 28.7 Å². The molecule has 1 aliphatic heterocycles. The Morgan fingerprint density at radius 2 is 0.850 bits per heavy atom. The van der Waals surface area contributed by atoms with Crippen LogP contribution in [-0.4, -0.2) is 65.9 Å². The summed E-state index contributed by atoms with van der Waals surface area (Å²) in [5.41, 5.74) is 3.10. The molecule has 8 rings (SSSR count). The van der Waals surface area contributed by atoms with Crippen LogP contribution < -0.4 is 16.7 Å². The molecular formula is C45H58N10O5. The minimum Gasteiger partial charge on any atom is -0.346 e. The average Bonchev–Trinajstić information content (AvgIpc) is 3.89. The Labute approximate surface area is 348 Å². The first-order chi connectivity index (χ1) is 27.6. The zero-order valence-corrected chi connectivity index (χ0v) is 37.4. The van der Waals surface area contributed by atoms with E-state index in [1.54, 1.807) is 45.0 Å². The number of aryl methyl sites for hydroxylation is 3. The largest absolute Gasteiger partial charge is 0.346 e. The first-order valence-electron chi connectivity index (χ1n) is 19.8. The zero-order valence-electron chi connectivity index (χ0n) is 37.4. The van der Waals surface area contributed by atoms with Gasteiger partial charge >= 0.3 is 0 Å². The lowest BCUT2D eigenvalue weighted by molar-refractivity contribution is 0.0507. The lowest BCUT2D eigenvalue weighted by Gasteiger charge is -2.29. The van der Waals surface area contributed by atoms with Crippen molar-refractivity contribution in [1.29, 1.82) is 0 Å². The topological polar surface area (TPSA) is 189 Å². The van der Waals surface area contributed by atoms with Crippen molar-refractivity contribution in [2.75, 3.05) is 0 Å². The summed E-state index contributed by atoms with van der Waals surface area (Å²) in [6.07, 6.45) is 9.43. The number of nitrogens with one attached hydrogen (secondary N) is 3. The molecule has 1 aliphatic rings. The molecule has 0 saturated carbocycles. The van der Waals surface area contributed by atoms with Crippen molar-refractivity contribution in [1.82, 2.24) is 48.5 Å². The number of carbonyl (C=O) groups excluding carboxylic acids is 2. The number of H-pyrrole nitrogens is 3. The maximum atomic E-state index is 12.0. The smallest absolute Gasteiger partial charge is 0.275 e. The number of hydrogen-bond donors (Lipinski definition) is 3. The summed E-state index contributed by atoms with van der Waals surface area (Å²) in [6, 6.07) is 8.82. The molecule has 0 bridgehead atoms. The number of benzene rings is 1. The van der Waals surface area contributed by atoms with Gasteiger partial charge in [0.05, 0.1) is 38.4 Å². The lowest BCUT2D eigenvalue weighted by atomic mass is 10.1. The molecule has 6 aromatic heterocycles. The fourth-order valence-electron chi connectivity index (χ4n) is 6.60. The summed E-state index contributed by atoms with van der Waals surface area (Å²) in [5.74, 6) is 1.57. The Morgan fingerprint density at radius 3 is 1.22 bits per heavy atom. The number of rotatable bonds is 0. The van der Waals surface area contributed by atoms with Gasteiger partial charge in [0.25, 0.3) is 28.5 Å². The summed E-state index contributed by atoms with van der Waals surface area (Å²) in [5, 5.41) is 1.30. The van der Waals surface area contributed by atoms with Crippen molar-refractivity contribution in [2.45, 2.75) is 126 Å². The van der Waals surface area contributed by atoms with Gasteiger partial charge in [-0.25, -0.2) is 15.0 Å². The van der Waals surface area contributed by atoms with E-state index >= 15 is 0 Å². The number of amides is 2. The highest BCUT2D eigenvalue weighted by Crippen LogP contribution is 2.29. The maximum absolute atomic E-state index is 12.0. The van der Waals surface area contributed by atoms with Gasteiger partial charge in [0.1, 0.15) is 23.0 Å². The zero-order chi connectivity index (χ0) is 44.9. The fourth-order valence-corrected chi connectivity index (χ4v) is 6.60. The average molecular weight is 819 g/mol. The molecule has 0 unspecified atom stereocenters. The molecule has 7 aromatic rings. The molecule has 1 aromatic carbocycles. The van der Waals surface area contributed by atoms with E-state index in [2.05, 4.69) is 92.2 Å². The van der Waals surface area contributed by atoms with Crippen LogP contribution in [0.5, 0.6) is 0 Å². The second-order valence-electron chi connectivity index (χ2n) is 19.0. The predicted molar refractivity (Wildman–Crippen MR) is 237 cm³/mol. The minimum absolute atomic E-state index is 0.0267. The van der Waals surface area contributed by atoms with Crippen LogP contribution in [0.25, 0.3) is 32.8 Å². The van der Waals surface area contributed by atoms with Crippen molar-refractivity contribution >= 4 is 44.7 Å². The summed E-state index contributed by atoms with van der Waals surface area (Å²) < 4.78 is 5.98. The first-order valence-corrected chi connectivity index (χ1v) is 19.8. The molecule has 0 atom stereocenters. The minimum atomic E-state index is -0.465. The van der Waals surface area contributed by atoms with Crippen LogP contribution in [0.2, 0.25) is 0 Å². The third-order valence-electron chi connectivity index (χ3n) is 9.66. The van der Waals surface area contributed by atoms with Gasteiger partial charge in [-0.3, -0.25) is 28.9 Å². The van der Waals surface area contributed by atoms with Crippen molar-refractivity contribution in [3.63, 3.8) is 0 Å². The maximum Gasteiger partial charge on any atom is 0.275 e. The van der Waals surface area contributed by atoms with Gasteiger partial charge in [0.2, 0.25) is 0 Å². The van der Waals surface area contributed by atoms with Gasteiger partial charge in [0, 0.05) is 53.1 Å². The number of hydrogen-bond acceptors (Lipinski definition) is 8. The van der Waals surface area contributed by atoms with Gasteiger partial charge in [-0.15, -0.1) is 0 Å². The molecule has 0 saturated heterocycles. The van der Waals surface area contributed by atoms with Crippen molar-refractivity contribution in [2.24, 2.45) is 0 Å². The number of carbonyl (C=O) groups is 2. The molecule has 3 N–H and O–H groups in total.